The van der Waals surface area contributed by atoms with E-state index >= 15 is 0 Å². The monoisotopic (exact) mass is 1980 g/mol. The molecule has 0 amide bonds. The van der Waals surface area contributed by atoms with Crippen molar-refractivity contribution in [3.63, 3.8) is 0 Å². The minimum absolute atomic E-state index is 0.160. The van der Waals surface area contributed by atoms with E-state index in [4.69, 9.17) is 0 Å². The quantitative estimate of drug-likeness (QED) is 0.155. The van der Waals surface area contributed by atoms with Crippen molar-refractivity contribution in [1.29, 1.82) is 0 Å². The highest BCUT2D eigenvalue weighted by atomic mass is 14.5. The zero-order chi connectivity index (χ0) is 111. The summed E-state index contributed by atoms with van der Waals surface area (Å²) in [6.45, 7) is 65.3. The third-order valence-electron chi connectivity index (χ3n) is 24.0. The Kier molecular flexibility index (Phi) is 65.0. The van der Waals surface area contributed by atoms with Crippen molar-refractivity contribution < 1.29 is 0 Å². The second kappa shape index (κ2) is 75.6. The number of benzene rings is 22. The summed E-state index contributed by atoms with van der Waals surface area (Å²) in [7, 11) is 0. The Balaban J connectivity index is 0.000000429. The normalized spacial score (nSPS) is 10.2. The molecule has 0 fully saturated rings. The highest BCUT2D eigenvalue weighted by Crippen LogP contribution is 2.56. The lowest BCUT2D eigenvalue weighted by Crippen LogP contribution is -2.28. The summed E-state index contributed by atoms with van der Waals surface area (Å²) >= 11 is 0. The summed E-state index contributed by atoms with van der Waals surface area (Å²) in [5.74, 6) is 0. The highest BCUT2D eigenvalue weighted by molar-refractivity contribution is 6.06. The molecule has 0 unspecified atom stereocenters. The fraction of sp³-hybridized carbons (Fsp3) is 0.227. The Hall–Kier alpha value is -15.1. The van der Waals surface area contributed by atoms with Gasteiger partial charge < -0.3 is 0 Å². The van der Waals surface area contributed by atoms with Crippen LogP contribution in [0.15, 0.2) is 510 Å². The van der Waals surface area contributed by atoms with Crippen LogP contribution in [-0.2, 0) is 10.8 Å². The van der Waals surface area contributed by atoms with Gasteiger partial charge >= 0.3 is 0 Å². The molecular weight excluding hydrogens is 1800 g/mol. The molecule has 0 spiro atoms. The van der Waals surface area contributed by atoms with Crippen LogP contribution in [0.3, 0.4) is 0 Å². The first kappa shape index (κ1) is 129. The molecule has 0 saturated heterocycles. The van der Waals surface area contributed by atoms with Crippen molar-refractivity contribution in [2.45, 2.75) is 232 Å². The molecular formula is C150H180. The first-order valence-corrected chi connectivity index (χ1v) is 56.1. The molecule has 0 radical (unpaired) electrons. The minimum atomic E-state index is -0.269. The standard InChI is InChI=1S/C27H22.C16H14.C15H14.2C14H10.C12H10.2C10H8.C6H6.13C2H6/c1-19-11-15-21(16-12-19)27(22-17-13-20(2)14-18-22)25-9-5-3-7-23(25)24-8-4-6-10-26(24)27;1-11-13-7-3-5-9-15(13)12(2)16-10-6-4-8-14(11)16;1-15(2)13-9-5-3-7-11(13)12-8-4-6-10-14(12)15;2*1-2-6-12-10-14-8-4-3-7-13(14)9-11(12)5-1;1-3-7-11(8-4-1)12-9-5-2-6-10-12;2*1-2-6-10-8-4-3-7-9(10)5-1;1-2-4-6-5-3-1;13*1-2/h3-18H,1-2H3;3-10H,1-2H3;3-10H,1-2H3;2*1-10H;1-10H;2*1-8H;1-6H;13*1-2H3. The lowest BCUT2D eigenvalue weighted by Gasteiger charge is -2.34. The van der Waals surface area contributed by atoms with E-state index in [1.807, 2.05) is 229 Å². The number of hydrogen-bond donors (Lipinski definition) is 0. The highest BCUT2D eigenvalue weighted by Gasteiger charge is 2.46. The van der Waals surface area contributed by atoms with E-state index in [0.717, 1.165) is 0 Å². The summed E-state index contributed by atoms with van der Waals surface area (Å²) in [6.07, 6.45) is 0. The zero-order valence-corrected chi connectivity index (χ0v) is 97.5. The van der Waals surface area contributed by atoms with Crippen LogP contribution in [0.5, 0.6) is 0 Å². The Morgan fingerprint density at radius 3 is 0.480 bits per heavy atom. The van der Waals surface area contributed by atoms with Crippen molar-refractivity contribution in [2.24, 2.45) is 0 Å². The average Bonchev–Trinajstić information content (AvgIpc) is 1.54. The van der Waals surface area contributed by atoms with Gasteiger partial charge in [-0.15, -0.1) is 0 Å². The molecule has 0 heteroatoms. The predicted molar refractivity (Wildman–Crippen MR) is 685 cm³/mol. The summed E-state index contributed by atoms with van der Waals surface area (Å²) in [4.78, 5) is 0. The molecule has 2 aliphatic rings. The Morgan fingerprint density at radius 1 is 0.133 bits per heavy atom. The Labute approximate surface area is 910 Å². The van der Waals surface area contributed by atoms with Gasteiger partial charge in [0.1, 0.15) is 0 Å². The third-order valence-corrected chi connectivity index (χ3v) is 24.0. The molecule has 0 aliphatic heterocycles. The van der Waals surface area contributed by atoms with Gasteiger partial charge in [0.15, 0.2) is 0 Å². The van der Waals surface area contributed by atoms with E-state index in [1.54, 1.807) is 0 Å². The zero-order valence-electron chi connectivity index (χ0n) is 97.5. The molecule has 150 heavy (non-hydrogen) atoms. The molecule has 0 atom stereocenters. The summed E-state index contributed by atoms with van der Waals surface area (Å²) < 4.78 is 0. The van der Waals surface area contributed by atoms with E-state index in [1.165, 1.54) is 175 Å². The molecule has 0 bridgehead atoms. The van der Waals surface area contributed by atoms with Gasteiger partial charge in [-0.3, -0.25) is 0 Å². The maximum atomic E-state index is 2.30. The Morgan fingerprint density at radius 2 is 0.280 bits per heavy atom. The second-order valence-electron chi connectivity index (χ2n) is 32.3. The number of aryl methyl sites for hydroxylation is 4. The maximum Gasteiger partial charge on any atom is 0.0713 e. The molecule has 0 nitrogen and oxygen atoms in total. The summed E-state index contributed by atoms with van der Waals surface area (Å²) in [5.41, 5.74) is 21.6. The molecule has 0 heterocycles. The predicted octanol–water partition coefficient (Wildman–Crippen LogP) is 47.3. The first-order chi connectivity index (χ1) is 74.0. The van der Waals surface area contributed by atoms with Gasteiger partial charge in [-0.1, -0.05) is 690 Å². The molecule has 0 N–H and O–H groups in total. The number of fused-ring (bicyclic) bond motifs is 14. The topological polar surface area (TPSA) is 0 Å². The molecule has 22 aromatic carbocycles. The van der Waals surface area contributed by atoms with Crippen LogP contribution >= 0.6 is 0 Å². The van der Waals surface area contributed by atoms with E-state index in [9.17, 15) is 0 Å². The van der Waals surface area contributed by atoms with E-state index in [0.29, 0.717) is 0 Å². The van der Waals surface area contributed by atoms with Crippen molar-refractivity contribution in [2.75, 3.05) is 0 Å². The molecule has 24 rings (SSSR count). The van der Waals surface area contributed by atoms with Gasteiger partial charge in [-0.2, -0.15) is 0 Å². The molecule has 780 valence electrons. The average molecular weight is 1980 g/mol. The lowest BCUT2D eigenvalue weighted by atomic mass is 9.67. The van der Waals surface area contributed by atoms with Gasteiger partial charge in [0.2, 0.25) is 0 Å². The van der Waals surface area contributed by atoms with Crippen molar-refractivity contribution in [1.82, 2.24) is 0 Å². The van der Waals surface area contributed by atoms with E-state index in [2.05, 4.69) is 503 Å². The van der Waals surface area contributed by atoms with Crippen LogP contribution in [0.1, 0.15) is 249 Å². The minimum Gasteiger partial charge on any atom is -0.0683 e. The van der Waals surface area contributed by atoms with Gasteiger partial charge in [0, 0.05) is 5.41 Å². The van der Waals surface area contributed by atoms with Crippen LogP contribution in [0, 0.1) is 27.7 Å². The molecule has 0 aromatic heterocycles. The molecule has 22 aromatic rings. The van der Waals surface area contributed by atoms with E-state index < -0.39 is 0 Å². The van der Waals surface area contributed by atoms with Gasteiger partial charge in [0.05, 0.1) is 5.41 Å². The van der Waals surface area contributed by atoms with Crippen LogP contribution < -0.4 is 0 Å². The smallest absolute Gasteiger partial charge is 0.0683 e. The van der Waals surface area contributed by atoms with Crippen molar-refractivity contribution >= 4 is 86.2 Å². The number of rotatable bonds is 3. The molecule has 2 aliphatic carbocycles. The first-order valence-electron chi connectivity index (χ1n) is 56.1. The largest absolute Gasteiger partial charge is 0.0713 e. The molecule has 0 saturated carbocycles. The van der Waals surface area contributed by atoms with Crippen LogP contribution in [0.25, 0.3) is 120 Å². The fourth-order valence-corrected chi connectivity index (χ4v) is 17.5. The Bertz CT molecular complexity index is 6440. The number of hydrogen-bond acceptors (Lipinski definition) is 0. The SMILES string of the molecule is CC.CC.CC.CC.CC.CC.CC.CC.CC.CC.CC.CC.CC.CC1(C)c2ccccc2-c2ccccc21.Cc1c2ccccc2c(C)c2ccccc12.Cc1ccc(C2(c3ccc(C)cc3)c3ccccc3-c3ccccc32)cc1.c1ccc(-c2ccccc2)cc1.c1ccc2cc3ccccc3cc2c1.c1ccc2cc3ccccc3cc2c1.c1ccc2ccccc2c1.c1ccc2ccccc2c1.c1ccccc1. The summed E-state index contributed by atoms with van der Waals surface area (Å²) in [5, 5.41) is 21.2. The van der Waals surface area contributed by atoms with Crippen LogP contribution in [0.2, 0.25) is 0 Å². The van der Waals surface area contributed by atoms with Gasteiger partial charge in [-0.05, 0) is 216 Å². The van der Waals surface area contributed by atoms with E-state index in [-0.39, 0.29) is 10.8 Å². The van der Waals surface area contributed by atoms with Crippen molar-refractivity contribution in [3.8, 4) is 33.4 Å². The van der Waals surface area contributed by atoms with Gasteiger partial charge in [-0.25, -0.2) is 0 Å². The second-order valence-corrected chi connectivity index (χ2v) is 32.3. The maximum absolute atomic E-state index is 2.30. The third kappa shape index (κ3) is 36.2. The van der Waals surface area contributed by atoms with Crippen LogP contribution in [0.4, 0.5) is 0 Å². The van der Waals surface area contributed by atoms with Crippen molar-refractivity contribution in [3.05, 3.63) is 565 Å². The fourth-order valence-electron chi connectivity index (χ4n) is 17.5. The van der Waals surface area contributed by atoms with Crippen LogP contribution in [-0.4, -0.2) is 0 Å². The lowest BCUT2D eigenvalue weighted by molar-refractivity contribution is 0.660. The summed E-state index contributed by atoms with van der Waals surface area (Å²) in [6, 6.07) is 180. The van der Waals surface area contributed by atoms with Gasteiger partial charge in [0.25, 0.3) is 0 Å².